The van der Waals surface area contributed by atoms with Crippen molar-refractivity contribution in [1.29, 1.82) is 0 Å². The van der Waals surface area contributed by atoms with Crippen LogP contribution in [0.3, 0.4) is 0 Å². The molecular formula is C19H25N3O3. The summed E-state index contributed by atoms with van der Waals surface area (Å²) in [5.41, 5.74) is 1.58. The molecule has 1 aromatic heterocycles. The molecule has 2 heterocycles. The monoisotopic (exact) mass is 343 g/mol. The van der Waals surface area contributed by atoms with Crippen molar-refractivity contribution in [3.05, 3.63) is 42.4 Å². The second kappa shape index (κ2) is 8.78. The van der Waals surface area contributed by atoms with Crippen LogP contribution in [0.1, 0.15) is 23.2 Å². The standard InChI is InChI=1S/C19H25N3O3/c1-24-11-10-22-8-6-15(7-9-22)12-21-19(23)17-4-2-16(3-5-17)18-13-20-14-25-18/h2-5,13-15H,6-12H2,1H3,(H,21,23). The van der Waals surface area contributed by atoms with Gasteiger partial charge in [0.15, 0.2) is 12.2 Å². The molecule has 1 aliphatic heterocycles. The van der Waals surface area contributed by atoms with Crippen LogP contribution in [0.4, 0.5) is 0 Å². The van der Waals surface area contributed by atoms with Gasteiger partial charge in [0.25, 0.3) is 5.91 Å². The fourth-order valence-electron chi connectivity index (χ4n) is 3.12. The Balaban J connectivity index is 1.44. The van der Waals surface area contributed by atoms with E-state index in [-0.39, 0.29) is 5.91 Å². The number of piperidine rings is 1. The van der Waals surface area contributed by atoms with Gasteiger partial charge in [-0.1, -0.05) is 12.1 Å². The first-order valence-electron chi connectivity index (χ1n) is 8.74. The number of rotatable bonds is 7. The molecule has 6 nitrogen and oxygen atoms in total. The number of ether oxygens (including phenoxy) is 1. The first kappa shape index (κ1) is 17.6. The number of hydrogen-bond donors (Lipinski definition) is 1. The minimum Gasteiger partial charge on any atom is -0.444 e. The summed E-state index contributed by atoms with van der Waals surface area (Å²) >= 11 is 0. The minimum atomic E-state index is -0.0223. The third kappa shape index (κ3) is 4.90. The van der Waals surface area contributed by atoms with Crippen LogP contribution in [0.15, 0.2) is 41.3 Å². The molecule has 0 bridgehead atoms. The lowest BCUT2D eigenvalue weighted by Crippen LogP contribution is -2.39. The summed E-state index contributed by atoms with van der Waals surface area (Å²) in [6, 6.07) is 7.40. The number of benzene rings is 1. The minimum absolute atomic E-state index is 0.0223. The molecular weight excluding hydrogens is 318 g/mol. The Hall–Kier alpha value is -2.18. The van der Waals surface area contributed by atoms with E-state index in [9.17, 15) is 4.79 Å². The first-order valence-corrected chi connectivity index (χ1v) is 8.74. The van der Waals surface area contributed by atoms with Gasteiger partial charge in [0.1, 0.15) is 0 Å². The molecule has 0 aliphatic carbocycles. The maximum absolute atomic E-state index is 12.3. The molecule has 1 amide bonds. The highest BCUT2D eigenvalue weighted by atomic mass is 16.5. The number of oxazole rings is 1. The molecule has 1 aromatic carbocycles. The van der Waals surface area contributed by atoms with Gasteiger partial charge in [-0.2, -0.15) is 0 Å². The largest absolute Gasteiger partial charge is 0.444 e. The maximum atomic E-state index is 12.3. The van der Waals surface area contributed by atoms with Crippen molar-refractivity contribution in [3.63, 3.8) is 0 Å². The molecule has 2 aromatic rings. The SMILES string of the molecule is COCCN1CCC(CNC(=O)c2ccc(-c3cnco3)cc2)CC1. The molecule has 0 radical (unpaired) electrons. The van der Waals surface area contributed by atoms with Crippen LogP contribution in [-0.4, -0.2) is 55.7 Å². The Morgan fingerprint density at radius 3 is 2.72 bits per heavy atom. The molecule has 1 saturated heterocycles. The molecule has 25 heavy (non-hydrogen) atoms. The summed E-state index contributed by atoms with van der Waals surface area (Å²) in [5, 5.41) is 3.06. The lowest BCUT2D eigenvalue weighted by atomic mass is 9.96. The third-order valence-corrected chi connectivity index (χ3v) is 4.73. The first-order chi connectivity index (χ1) is 12.3. The predicted octanol–water partition coefficient (Wildman–Crippen LogP) is 2.43. The average Bonchev–Trinajstić information content (AvgIpc) is 3.20. The molecule has 1 fully saturated rings. The summed E-state index contributed by atoms with van der Waals surface area (Å²) in [5.74, 6) is 1.23. The molecule has 3 rings (SSSR count). The number of carbonyl (C=O) groups excluding carboxylic acids is 1. The number of methoxy groups -OCH3 is 1. The van der Waals surface area contributed by atoms with E-state index in [0.717, 1.165) is 51.2 Å². The van der Waals surface area contributed by atoms with Crippen LogP contribution >= 0.6 is 0 Å². The highest BCUT2D eigenvalue weighted by Crippen LogP contribution is 2.19. The Kier molecular flexibility index (Phi) is 6.19. The van der Waals surface area contributed by atoms with E-state index in [2.05, 4.69) is 15.2 Å². The summed E-state index contributed by atoms with van der Waals surface area (Å²) in [7, 11) is 1.74. The van der Waals surface area contributed by atoms with Gasteiger partial charge >= 0.3 is 0 Å². The molecule has 0 unspecified atom stereocenters. The van der Waals surface area contributed by atoms with Crippen molar-refractivity contribution < 1.29 is 13.9 Å². The lowest BCUT2D eigenvalue weighted by Gasteiger charge is -2.31. The van der Waals surface area contributed by atoms with E-state index in [0.29, 0.717) is 17.2 Å². The lowest BCUT2D eigenvalue weighted by molar-refractivity contribution is 0.0926. The normalized spacial score (nSPS) is 16.0. The van der Waals surface area contributed by atoms with Gasteiger partial charge < -0.3 is 19.4 Å². The average molecular weight is 343 g/mol. The van der Waals surface area contributed by atoms with Gasteiger partial charge in [0, 0.05) is 31.3 Å². The summed E-state index contributed by atoms with van der Waals surface area (Å²) in [6.07, 6.45) is 5.30. The Labute approximate surface area is 148 Å². The van der Waals surface area contributed by atoms with Crippen molar-refractivity contribution >= 4 is 5.91 Å². The van der Waals surface area contributed by atoms with Crippen molar-refractivity contribution in [3.8, 4) is 11.3 Å². The van der Waals surface area contributed by atoms with Crippen molar-refractivity contribution in [2.24, 2.45) is 5.92 Å². The number of nitrogens with zero attached hydrogens (tertiary/aromatic N) is 2. The Bertz CT molecular complexity index is 647. The Morgan fingerprint density at radius 1 is 1.32 bits per heavy atom. The fraction of sp³-hybridized carbons (Fsp3) is 0.474. The van der Waals surface area contributed by atoms with E-state index >= 15 is 0 Å². The van der Waals surface area contributed by atoms with Crippen LogP contribution in [0, 0.1) is 5.92 Å². The highest BCUT2D eigenvalue weighted by molar-refractivity contribution is 5.94. The van der Waals surface area contributed by atoms with Crippen LogP contribution in [0.2, 0.25) is 0 Å². The van der Waals surface area contributed by atoms with Gasteiger partial charge in [-0.15, -0.1) is 0 Å². The molecule has 134 valence electrons. The van der Waals surface area contributed by atoms with E-state index in [1.165, 1.54) is 6.39 Å². The molecule has 6 heteroatoms. The summed E-state index contributed by atoms with van der Waals surface area (Å²) in [6.45, 7) is 4.67. The van der Waals surface area contributed by atoms with E-state index in [4.69, 9.17) is 9.15 Å². The number of amides is 1. The van der Waals surface area contributed by atoms with E-state index in [1.807, 2.05) is 24.3 Å². The van der Waals surface area contributed by atoms with Gasteiger partial charge in [-0.25, -0.2) is 4.98 Å². The third-order valence-electron chi connectivity index (χ3n) is 4.73. The molecule has 0 spiro atoms. The molecule has 1 aliphatic rings. The van der Waals surface area contributed by atoms with E-state index < -0.39 is 0 Å². The van der Waals surface area contributed by atoms with Crippen molar-refractivity contribution in [2.45, 2.75) is 12.8 Å². The Morgan fingerprint density at radius 2 is 2.08 bits per heavy atom. The molecule has 1 N–H and O–H groups in total. The number of carbonyl (C=O) groups is 1. The highest BCUT2D eigenvalue weighted by Gasteiger charge is 2.19. The fourth-order valence-corrected chi connectivity index (χ4v) is 3.12. The number of aromatic nitrogens is 1. The van der Waals surface area contributed by atoms with Gasteiger partial charge in [-0.3, -0.25) is 4.79 Å². The maximum Gasteiger partial charge on any atom is 0.251 e. The molecule has 0 atom stereocenters. The summed E-state index contributed by atoms with van der Waals surface area (Å²) < 4.78 is 10.4. The van der Waals surface area contributed by atoms with Gasteiger partial charge in [-0.05, 0) is 44.0 Å². The topological polar surface area (TPSA) is 67.6 Å². The molecule has 0 saturated carbocycles. The smallest absolute Gasteiger partial charge is 0.251 e. The zero-order valence-corrected chi connectivity index (χ0v) is 14.6. The quantitative estimate of drug-likeness (QED) is 0.836. The number of hydrogen-bond acceptors (Lipinski definition) is 5. The van der Waals surface area contributed by atoms with Crippen molar-refractivity contribution in [1.82, 2.24) is 15.2 Å². The zero-order chi connectivity index (χ0) is 17.5. The van der Waals surface area contributed by atoms with Crippen LogP contribution in [0.25, 0.3) is 11.3 Å². The number of likely N-dealkylation sites (tertiary alicyclic amines) is 1. The van der Waals surface area contributed by atoms with Gasteiger partial charge in [0.2, 0.25) is 0 Å². The summed E-state index contributed by atoms with van der Waals surface area (Å²) in [4.78, 5) is 18.6. The zero-order valence-electron chi connectivity index (χ0n) is 14.6. The second-order valence-corrected chi connectivity index (χ2v) is 6.43. The number of nitrogens with one attached hydrogen (secondary N) is 1. The predicted molar refractivity (Wildman–Crippen MR) is 95.3 cm³/mol. The van der Waals surface area contributed by atoms with Crippen LogP contribution in [0.5, 0.6) is 0 Å². The van der Waals surface area contributed by atoms with Crippen LogP contribution in [-0.2, 0) is 4.74 Å². The van der Waals surface area contributed by atoms with E-state index in [1.54, 1.807) is 13.3 Å². The van der Waals surface area contributed by atoms with Crippen molar-refractivity contribution in [2.75, 3.05) is 39.9 Å². The second-order valence-electron chi connectivity index (χ2n) is 6.43. The van der Waals surface area contributed by atoms with Gasteiger partial charge in [0.05, 0.1) is 12.8 Å². The van der Waals surface area contributed by atoms with Crippen LogP contribution < -0.4 is 5.32 Å².